The second kappa shape index (κ2) is 5.19. The molecule has 2 heterocycles. The van der Waals surface area contributed by atoms with Gasteiger partial charge in [-0.1, -0.05) is 34.1 Å². The maximum Gasteiger partial charge on any atom is 0.125 e. The minimum atomic E-state index is 0.844. The van der Waals surface area contributed by atoms with Crippen LogP contribution in [0.1, 0.15) is 5.69 Å². The first-order valence-corrected chi connectivity index (χ1v) is 7.41. The van der Waals surface area contributed by atoms with Crippen LogP contribution >= 0.6 is 27.3 Å². The molecule has 3 rings (SSSR count). The Morgan fingerprint density at radius 3 is 2.68 bits per heavy atom. The van der Waals surface area contributed by atoms with E-state index in [-0.39, 0.29) is 0 Å². The lowest BCUT2D eigenvalue weighted by Crippen LogP contribution is -1.90. The molecule has 0 saturated carbocycles. The van der Waals surface area contributed by atoms with Crippen molar-refractivity contribution in [1.29, 1.82) is 0 Å². The summed E-state index contributed by atoms with van der Waals surface area (Å²) in [7, 11) is 0. The van der Waals surface area contributed by atoms with Crippen LogP contribution in [-0.2, 0) is 0 Å². The van der Waals surface area contributed by atoms with Crippen LogP contribution in [0.5, 0.6) is 0 Å². The van der Waals surface area contributed by atoms with Crippen molar-refractivity contribution in [3.8, 4) is 22.0 Å². The third kappa shape index (κ3) is 2.43. The van der Waals surface area contributed by atoms with Gasteiger partial charge in [0.1, 0.15) is 16.4 Å². The Kier molecular flexibility index (Phi) is 3.40. The van der Waals surface area contributed by atoms with Gasteiger partial charge >= 0.3 is 0 Å². The van der Waals surface area contributed by atoms with Gasteiger partial charge in [-0.25, -0.2) is 4.98 Å². The largest absolute Gasteiger partial charge is 0.258 e. The van der Waals surface area contributed by atoms with Crippen LogP contribution in [0.25, 0.3) is 22.0 Å². The Morgan fingerprint density at radius 2 is 1.89 bits per heavy atom. The van der Waals surface area contributed by atoms with Gasteiger partial charge in [-0.2, -0.15) is 0 Å². The predicted molar refractivity (Wildman–Crippen MR) is 81.0 cm³/mol. The van der Waals surface area contributed by atoms with Gasteiger partial charge in [0, 0.05) is 27.8 Å². The molecule has 0 saturated heterocycles. The average molecular weight is 332 g/mol. The maximum atomic E-state index is 4.66. The van der Waals surface area contributed by atoms with Gasteiger partial charge in [-0.3, -0.25) is 9.97 Å². The third-order valence-electron chi connectivity index (χ3n) is 2.73. The van der Waals surface area contributed by atoms with Crippen LogP contribution in [0.4, 0.5) is 0 Å². The van der Waals surface area contributed by atoms with E-state index in [4.69, 9.17) is 0 Å². The van der Waals surface area contributed by atoms with Crippen molar-refractivity contribution in [2.45, 2.75) is 6.92 Å². The van der Waals surface area contributed by atoms with Crippen LogP contribution in [0.2, 0.25) is 0 Å². The fourth-order valence-corrected chi connectivity index (χ4v) is 3.25. The molecule has 0 atom stereocenters. The SMILES string of the molecule is Cc1nccnc1-c1csc(-c2ccccc2Br)n1. The van der Waals surface area contributed by atoms with E-state index in [1.807, 2.05) is 30.5 Å². The van der Waals surface area contributed by atoms with Crippen molar-refractivity contribution in [2.75, 3.05) is 0 Å². The van der Waals surface area contributed by atoms with Crippen molar-refractivity contribution in [1.82, 2.24) is 15.0 Å². The number of thiazole rings is 1. The Bertz CT molecular complexity index is 664. The van der Waals surface area contributed by atoms with E-state index in [2.05, 4.69) is 36.9 Å². The average Bonchev–Trinajstić information content (AvgIpc) is 2.89. The number of halogens is 1. The first-order valence-electron chi connectivity index (χ1n) is 5.74. The molecule has 3 nitrogen and oxygen atoms in total. The molecule has 19 heavy (non-hydrogen) atoms. The molecular formula is C14H10BrN3S. The fraction of sp³-hybridized carbons (Fsp3) is 0.0714. The summed E-state index contributed by atoms with van der Waals surface area (Å²) in [5.74, 6) is 0. The van der Waals surface area contributed by atoms with E-state index >= 15 is 0 Å². The monoisotopic (exact) mass is 331 g/mol. The highest BCUT2D eigenvalue weighted by atomic mass is 79.9. The summed E-state index contributed by atoms with van der Waals surface area (Å²) in [6.07, 6.45) is 3.39. The topological polar surface area (TPSA) is 38.7 Å². The number of aryl methyl sites for hydroxylation is 1. The zero-order valence-electron chi connectivity index (χ0n) is 10.2. The van der Waals surface area contributed by atoms with E-state index in [0.29, 0.717) is 0 Å². The van der Waals surface area contributed by atoms with Gasteiger partial charge in [0.25, 0.3) is 0 Å². The minimum absolute atomic E-state index is 0.844. The normalized spacial score (nSPS) is 10.6. The Labute approximate surface area is 123 Å². The molecule has 0 amide bonds. The van der Waals surface area contributed by atoms with Gasteiger partial charge in [0.15, 0.2) is 0 Å². The standard InChI is InChI=1S/C14H10BrN3S/c1-9-13(17-7-6-16-9)12-8-19-14(18-12)10-4-2-3-5-11(10)15/h2-8H,1H3. The molecule has 1 aromatic carbocycles. The Balaban J connectivity index is 2.06. The Morgan fingerprint density at radius 1 is 1.11 bits per heavy atom. The van der Waals surface area contributed by atoms with Crippen LogP contribution in [0, 0.1) is 6.92 Å². The van der Waals surface area contributed by atoms with Crippen molar-refractivity contribution < 1.29 is 0 Å². The van der Waals surface area contributed by atoms with Crippen molar-refractivity contribution in [3.05, 3.63) is 52.2 Å². The highest BCUT2D eigenvalue weighted by Crippen LogP contribution is 2.33. The quantitative estimate of drug-likeness (QED) is 0.701. The van der Waals surface area contributed by atoms with Gasteiger partial charge in [0.05, 0.1) is 5.69 Å². The van der Waals surface area contributed by atoms with E-state index in [0.717, 1.165) is 32.1 Å². The summed E-state index contributed by atoms with van der Waals surface area (Å²) in [5, 5.41) is 3.00. The summed E-state index contributed by atoms with van der Waals surface area (Å²) in [6, 6.07) is 8.07. The van der Waals surface area contributed by atoms with Crippen LogP contribution in [0.3, 0.4) is 0 Å². The molecule has 2 aromatic heterocycles. The van der Waals surface area contributed by atoms with Gasteiger partial charge < -0.3 is 0 Å². The smallest absolute Gasteiger partial charge is 0.125 e. The molecule has 5 heteroatoms. The molecule has 3 aromatic rings. The summed E-state index contributed by atoms with van der Waals surface area (Å²) < 4.78 is 1.05. The van der Waals surface area contributed by atoms with Crippen LogP contribution in [-0.4, -0.2) is 15.0 Å². The molecule has 0 radical (unpaired) electrons. The van der Waals surface area contributed by atoms with Crippen molar-refractivity contribution >= 4 is 27.3 Å². The number of benzene rings is 1. The van der Waals surface area contributed by atoms with Crippen LogP contribution in [0.15, 0.2) is 46.5 Å². The number of aromatic nitrogens is 3. The van der Waals surface area contributed by atoms with E-state index in [1.54, 1.807) is 23.7 Å². The zero-order valence-corrected chi connectivity index (χ0v) is 12.6. The highest BCUT2D eigenvalue weighted by Gasteiger charge is 2.11. The lowest BCUT2D eigenvalue weighted by molar-refractivity contribution is 1.11. The molecular weight excluding hydrogens is 322 g/mol. The lowest BCUT2D eigenvalue weighted by atomic mass is 10.2. The third-order valence-corrected chi connectivity index (χ3v) is 4.30. The molecule has 94 valence electrons. The fourth-order valence-electron chi connectivity index (χ4n) is 1.80. The number of nitrogens with zero attached hydrogens (tertiary/aromatic N) is 3. The summed E-state index contributed by atoms with van der Waals surface area (Å²) in [5.41, 5.74) is 3.71. The first kappa shape index (κ1) is 12.4. The highest BCUT2D eigenvalue weighted by molar-refractivity contribution is 9.10. The van der Waals surface area contributed by atoms with Crippen molar-refractivity contribution in [2.24, 2.45) is 0 Å². The number of hydrogen-bond donors (Lipinski definition) is 0. The predicted octanol–water partition coefficient (Wildman–Crippen LogP) is 4.34. The van der Waals surface area contributed by atoms with Gasteiger partial charge in [-0.05, 0) is 13.0 Å². The van der Waals surface area contributed by atoms with Gasteiger partial charge in [-0.15, -0.1) is 11.3 Å². The molecule has 0 aliphatic carbocycles. The first-order chi connectivity index (χ1) is 9.25. The van der Waals surface area contributed by atoms with E-state index < -0.39 is 0 Å². The van der Waals surface area contributed by atoms with Crippen LogP contribution < -0.4 is 0 Å². The number of rotatable bonds is 2. The summed E-state index contributed by atoms with van der Waals surface area (Å²) in [4.78, 5) is 13.3. The minimum Gasteiger partial charge on any atom is -0.258 e. The lowest BCUT2D eigenvalue weighted by Gasteiger charge is -2.00. The van der Waals surface area contributed by atoms with E-state index in [1.165, 1.54) is 0 Å². The second-order valence-electron chi connectivity index (χ2n) is 4.01. The molecule has 0 unspecified atom stereocenters. The molecule has 0 N–H and O–H groups in total. The molecule has 0 aliphatic heterocycles. The number of hydrogen-bond acceptors (Lipinski definition) is 4. The summed E-state index contributed by atoms with van der Waals surface area (Å²) >= 11 is 5.16. The molecule has 0 spiro atoms. The Hall–Kier alpha value is -1.59. The summed E-state index contributed by atoms with van der Waals surface area (Å²) in [6.45, 7) is 1.94. The van der Waals surface area contributed by atoms with Crippen molar-refractivity contribution in [3.63, 3.8) is 0 Å². The second-order valence-corrected chi connectivity index (χ2v) is 5.72. The zero-order chi connectivity index (χ0) is 13.2. The molecule has 0 bridgehead atoms. The van der Waals surface area contributed by atoms with Gasteiger partial charge in [0.2, 0.25) is 0 Å². The maximum absolute atomic E-state index is 4.66. The van der Waals surface area contributed by atoms with E-state index in [9.17, 15) is 0 Å². The molecule has 0 fully saturated rings. The molecule has 0 aliphatic rings.